The van der Waals surface area contributed by atoms with Gasteiger partial charge in [0.2, 0.25) is 18.5 Å². The predicted octanol–water partition coefficient (Wildman–Crippen LogP) is 4.82. The van der Waals surface area contributed by atoms with E-state index in [1.807, 2.05) is 0 Å². The number of thioether (sulfide) groups is 1. The molecule has 12 heteroatoms. The Morgan fingerprint density at radius 2 is 1.88 bits per heavy atom. The molecule has 6 rings (SSSR count). The number of fused-ring (bicyclic) bond motifs is 2. The first-order valence-electron chi connectivity index (χ1n) is 10.4. The summed E-state index contributed by atoms with van der Waals surface area (Å²) in [6.45, 7) is 0.0927. The quantitative estimate of drug-likeness (QED) is 0.292. The van der Waals surface area contributed by atoms with Crippen molar-refractivity contribution in [3.63, 3.8) is 0 Å². The second-order valence-electron chi connectivity index (χ2n) is 7.90. The van der Waals surface area contributed by atoms with Crippen molar-refractivity contribution in [1.82, 2.24) is 19.7 Å². The normalized spacial score (nSPS) is 15.3. The second-order valence-corrected chi connectivity index (χ2v) is 8.84. The van der Waals surface area contributed by atoms with Gasteiger partial charge in [0.05, 0.1) is 22.2 Å². The van der Waals surface area contributed by atoms with Crippen molar-refractivity contribution in [1.29, 1.82) is 0 Å². The summed E-state index contributed by atoms with van der Waals surface area (Å²) < 4.78 is 56.7. The van der Waals surface area contributed by atoms with Crippen molar-refractivity contribution in [2.24, 2.45) is 0 Å². The summed E-state index contributed by atoms with van der Waals surface area (Å²) in [5.74, 6) is 1.51. The highest BCUT2D eigenvalue weighted by Gasteiger charge is 2.31. The summed E-state index contributed by atoms with van der Waals surface area (Å²) >= 11 is 1.25. The van der Waals surface area contributed by atoms with Gasteiger partial charge in [-0.2, -0.15) is 18.2 Å². The minimum atomic E-state index is -4.47. The summed E-state index contributed by atoms with van der Waals surface area (Å²) in [4.78, 5) is 22.1. The molecular formula is C22H15F3N4O4S. The summed E-state index contributed by atoms with van der Waals surface area (Å²) in [5, 5.41) is 4.76. The zero-order chi connectivity index (χ0) is 23.4. The Hall–Kier alpha value is -3.54. The minimum absolute atomic E-state index is 0.0560. The van der Waals surface area contributed by atoms with E-state index in [-0.39, 0.29) is 41.4 Å². The van der Waals surface area contributed by atoms with E-state index in [1.165, 1.54) is 23.9 Å². The summed E-state index contributed by atoms with van der Waals surface area (Å²) in [6.07, 6.45) is -2.71. The van der Waals surface area contributed by atoms with Gasteiger partial charge in [-0.1, -0.05) is 29.1 Å². The molecule has 1 saturated carbocycles. The number of rotatable bonds is 5. The molecule has 34 heavy (non-hydrogen) atoms. The molecule has 0 atom stereocenters. The van der Waals surface area contributed by atoms with Gasteiger partial charge in [-0.15, -0.1) is 0 Å². The van der Waals surface area contributed by atoms with Gasteiger partial charge in [0.25, 0.3) is 5.56 Å². The second kappa shape index (κ2) is 7.76. The maximum atomic E-state index is 13.2. The molecule has 0 bridgehead atoms. The number of hydrogen-bond acceptors (Lipinski definition) is 8. The van der Waals surface area contributed by atoms with Crippen LogP contribution in [0.3, 0.4) is 0 Å². The first kappa shape index (κ1) is 21.0. The van der Waals surface area contributed by atoms with Gasteiger partial charge in [0.1, 0.15) is 0 Å². The molecule has 1 aliphatic carbocycles. The van der Waals surface area contributed by atoms with Crippen LogP contribution in [0.25, 0.3) is 22.3 Å². The van der Waals surface area contributed by atoms with Crippen molar-refractivity contribution in [3.05, 3.63) is 58.2 Å². The van der Waals surface area contributed by atoms with Crippen molar-refractivity contribution in [2.45, 2.75) is 36.0 Å². The van der Waals surface area contributed by atoms with E-state index in [4.69, 9.17) is 14.0 Å². The molecule has 174 valence electrons. The van der Waals surface area contributed by atoms with E-state index in [9.17, 15) is 18.0 Å². The third kappa shape index (κ3) is 3.77. The fourth-order valence-electron chi connectivity index (χ4n) is 3.72. The van der Waals surface area contributed by atoms with Gasteiger partial charge in [0.15, 0.2) is 16.7 Å². The Morgan fingerprint density at radius 3 is 2.65 bits per heavy atom. The Balaban J connectivity index is 1.29. The zero-order valence-electron chi connectivity index (χ0n) is 17.3. The van der Waals surface area contributed by atoms with Crippen LogP contribution in [-0.4, -0.2) is 26.5 Å². The monoisotopic (exact) mass is 488 g/mol. The van der Waals surface area contributed by atoms with Crippen molar-refractivity contribution >= 4 is 22.7 Å². The number of ether oxygens (including phenoxy) is 2. The Labute approximate surface area is 193 Å². The number of halogens is 3. The van der Waals surface area contributed by atoms with E-state index in [0.717, 1.165) is 25.0 Å². The van der Waals surface area contributed by atoms with Crippen LogP contribution < -0.4 is 15.0 Å². The molecule has 4 aromatic rings. The molecule has 1 aliphatic heterocycles. The molecule has 0 amide bonds. The van der Waals surface area contributed by atoms with E-state index >= 15 is 0 Å². The smallest absolute Gasteiger partial charge is 0.416 e. The number of benzene rings is 2. The highest BCUT2D eigenvalue weighted by molar-refractivity contribution is 7.98. The summed E-state index contributed by atoms with van der Waals surface area (Å²) in [5.41, 5.74) is -0.266. The minimum Gasteiger partial charge on any atom is -0.454 e. The standard InChI is InChI=1S/C22H15F3N4O4S/c23-22(24,25)12-3-1-2-11(6-12)19-27-18(33-28-19)9-34-21-26-15-8-17-16(31-10-32-17)7-14(15)20(30)29(21)13-4-5-13/h1-3,6-8,13H,4-5,9-10H2. The van der Waals surface area contributed by atoms with Gasteiger partial charge in [-0.25, -0.2) is 4.98 Å². The van der Waals surface area contributed by atoms with Gasteiger partial charge < -0.3 is 14.0 Å². The van der Waals surface area contributed by atoms with Crippen LogP contribution >= 0.6 is 11.8 Å². The molecule has 8 nitrogen and oxygen atoms in total. The molecular weight excluding hydrogens is 473 g/mol. The lowest BCUT2D eigenvalue weighted by Crippen LogP contribution is -2.22. The summed E-state index contributed by atoms with van der Waals surface area (Å²) in [7, 11) is 0. The van der Waals surface area contributed by atoms with Gasteiger partial charge in [-0.3, -0.25) is 9.36 Å². The topological polar surface area (TPSA) is 92.3 Å². The summed E-state index contributed by atoms with van der Waals surface area (Å²) in [6, 6.07) is 8.13. The van der Waals surface area contributed by atoms with Crippen molar-refractivity contribution in [3.8, 4) is 22.9 Å². The van der Waals surface area contributed by atoms with E-state index < -0.39 is 11.7 Å². The van der Waals surface area contributed by atoms with Crippen LogP contribution in [0.2, 0.25) is 0 Å². The molecule has 2 aliphatic rings. The third-order valence-corrected chi connectivity index (χ3v) is 6.45. The van der Waals surface area contributed by atoms with Gasteiger partial charge in [-0.05, 0) is 31.0 Å². The molecule has 0 spiro atoms. The number of alkyl halides is 3. The fraction of sp³-hybridized carbons (Fsp3) is 0.273. The van der Waals surface area contributed by atoms with Crippen molar-refractivity contribution < 1.29 is 27.2 Å². The highest BCUT2D eigenvalue weighted by atomic mass is 32.2. The molecule has 0 saturated heterocycles. The molecule has 0 unspecified atom stereocenters. The first-order chi connectivity index (χ1) is 16.4. The van der Waals surface area contributed by atoms with Crippen LogP contribution in [0.15, 0.2) is 50.9 Å². The predicted molar refractivity (Wildman–Crippen MR) is 115 cm³/mol. The Morgan fingerprint density at radius 1 is 1.09 bits per heavy atom. The largest absolute Gasteiger partial charge is 0.454 e. The maximum Gasteiger partial charge on any atom is 0.416 e. The molecule has 0 radical (unpaired) electrons. The maximum absolute atomic E-state index is 13.2. The van der Waals surface area contributed by atoms with E-state index in [1.54, 1.807) is 16.7 Å². The molecule has 0 N–H and O–H groups in total. The first-order valence-corrected chi connectivity index (χ1v) is 11.3. The average molecular weight is 488 g/mol. The van der Waals surface area contributed by atoms with Crippen LogP contribution in [0.4, 0.5) is 13.2 Å². The lowest BCUT2D eigenvalue weighted by Gasteiger charge is -2.12. The van der Waals surface area contributed by atoms with Crippen LogP contribution in [0.1, 0.15) is 30.3 Å². The van der Waals surface area contributed by atoms with E-state index in [2.05, 4.69) is 15.1 Å². The molecule has 2 aromatic heterocycles. The Kier molecular flexibility index (Phi) is 4.80. The Bertz CT molecular complexity index is 1480. The average Bonchev–Trinajstić information content (AvgIpc) is 3.35. The third-order valence-electron chi connectivity index (χ3n) is 5.52. The lowest BCUT2D eigenvalue weighted by atomic mass is 10.1. The molecule has 1 fully saturated rings. The lowest BCUT2D eigenvalue weighted by molar-refractivity contribution is -0.137. The van der Waals surface area contributed by atoms with Crippen LogP contribution in [0.5, 0.6) is 11.5 Å². The highest BCUT2D eigenvalue weighted by Crippen LogP contribution is 2.39. The number of nitrogens with zero attached hydrogens (tertiary/aromatic N) is 4. The molecule has 2 aromatic carbocycles. The number of hydrogen-bond donors (Lipinski definition) is 0. The molecule has 3 heterocycles. The van der Waals surface area contributed by atoms with Crippen molar-refractivity contribution in [2.75, 3.05) is 6.79 Å². The zero-order valence-corrected chi connectivity index (χ0v) is 18.2. The SMILES string of the molecule is O=c1c2cc3c(cc2nc(SCc2nc(-c4cccc(C(F)(F)F)c4)no2)n1C1CC1)OCO3. The van der Waals surface area contributed by atoms with Crippen LogP contribution in [0, 0.1) is 0 Å². The van der Waals surface area contributed by atoms with Crippen LogP contribution in [-0.2, 0) is 11.9 Å². The number of aromatic nitrogens is 4. The van der Waals surface area contributed by atoms with E-state index in [0.29, 0.717) is 27.6 Å². The van der Waals surface area contributed by atoms with Gasteiger partial charge in [0, 0.05) is 17.7 Å². The van der Waals surface area contributed by atoms with Gasteiger partial charge >= 0.3 is 6.18 Å². The fourth-order valence-corrected chi connectivity index (χ4v) is 4.62.